The molecule has 3 rings (SSSR count). The second-order valence-corrected chi connectivity index (χ2v) is 4.94. The van der Waals surface area contributed by atoms with Crippen molar-refractivity contribution in [2.24, 2.45) is 0 Å². The van der Waals surface area contributed by atoms with Crippen molar-refractivity contribution in [2.75, 3.05) is 18.5 Å². The molecule has 10 heteroatoms. The van der Waals surface area contributed by atoms with E-state index in [9.17, 15) is 13.2 Å². The zero-order valence-corrected chi connectivity index (χ0v) is 11.7. The van der Waals surface area contributed by atoms with Gasteiger partial charge in [-0.05, 0) is 12.1 Å². The minimum Gasteiger partial charge on any atom is -0.377 e. The maximum atomic E-state index is 12.8. The van der Waals surface area contributed by atoms with E-state index < -0.39 is 11.9 Å². The maximum Gasteiger partial charge on any atom is 0.433 e. The fourth-order valence-electron chi connectivity index (χ4n) is 2.33. The van der Waals surface area contributed by atoms with Crippen LogP contribution in [0.4, 0.5) is 19.0 Å². The lowest BCUT2D eigenvalue weighted by Gasteiger charge is -2.20. The normalized spacial score (nSPS) is 21.1. The molecule has 120 valence electrons. The van der Waals surface area contributed by atoms with Crippen molar-refractivity contribution in [1.82, 2.24) is 20.0 Å². The van der Waals surface area contributed by atoms with Crippen molar-refractivity contribution >= 4 is 5.82 Å². The average Bonchev–Trinajstić information content (AvgIpc) is 3.16. The fraction of sp³-hybridized carbons (Fsp3) is 0.385. The molecule has 1 aliphatic heterocycles. The Morgan fingerprint density at radius 3 is 2.83 bits per heavy atom. The van der Waals surface area contributed by atoms with Gasteiger partial charge >= 0.3 is 6.18 Å². The summed E-state index contributed by atoms with van der Waals surface area (Å²) in [6.45, 7) is 0.592. The van der Waals surface area contributed by atoms with E-state index in [4.69, 9.17) is 10.00 Å². The summed E-state index contributed by atoms with van der Waals surface area (Å²) in [6.07, 6.45) is -1.45. The fourth-order valence-corrected chi connectivity index (χ4v) is 2.33. The number of nitrogens with zero attached hydrogens (tertiary/aromatic N) is 5. The van der Waals surface area contributed by atoms with Crippen LogP contribution in [0.5, 0.6) is 0 Å². The second kappa shape index (κ2) is 5.85. The summed E-state index contributed by atoms with van der Waals surface area (Å²) in [4.78, 5) is 3.53. The van der Waals surface area contributed by atoms with E-state index in [1.165, 1.54) is 6.20 Å². The van der Waals surface area contributed by atoms with Crippen molar-refractivity contribution in [1.29, 1.82) is 5.26 Å². The number of ether oxygens (including phenoxy) is 1. The van der Waals surface area contributed by atoms with Gasteiger partial charge in [-0.2, -0.15) is 18.4 Å². The molecular formula is C13H11F3N6O. The van der Waals surface area contributed by atoms with Crippen molar-refractivity contribution in [3.05, 3.63) is 35.8 Å². The zero-order valence-electron chi connectivity index (χ0n) is 11.7. The van der Waals surface area contributed by atoms with Crippen LogP contribution >= 0.6 is 0 Å². The van der Waals surface area contributed by atoms with Gasteiger partial charge in [-0.25, -0.2) is 9.67 Å². The van der Waals surface area contributed by atoms with E-state index >= 15 is 0 Å². The third-order valence-electron chi connectivity index (χ3n) is 3.46. The van der Waals surface area contributed by atoms with Crippen molar-refractivity contribution in [3.8, 4) is 6.07 Å². The van der Waals surface area contributed by atoms with Crippen molar-refractivity contribution in [3.63, 3.8) is 0 Å². The Bertz CT molecular complexity index is 724. The molecular weight excluding hydrogens is 313 g/mol. The largest absolute Gasteiger partial charge is 0.433 e. The van der Waals surface area contributed by atoms with Gasteiger partial charge in [0.1, 0.15) is 17.6 Å². The van der Waals surface area contributed by atoms with Gasteiger partial charge in [-0.1, -0.05) is 5.21 Å². The van der Waals surface area contributed by atoms with Crippen molar-refractivity contribution in [2.45, 2.75) is 18.3 Å². The summed E-state index contributed by atoms with van der Waals surface area (Å²) in [6, 6.07) is 3.08. The van der Waals surface area contributed by atoms with Crippen LogP contribution < -0.4 is 5.32 Å². The van der Waals surface area contributed by atoms with Gasteiger partial charge in [-0.3, -0.25) is 0 Å². The highest BCUT2D eigenvalue weighted by Crippen LogP contribution is 2.30. The predicted octanol–water partition coefficient (Wildman–Crippen LogP) is 1.62. The summed E-state index contributed by atoms with van der Waals surface area (Å²) < 4.78 is 45.3. The monoisotopic (exact) mass is 324 g/mol. The van der Waals surface area contributed by atoms with Crippen LogP contribution in [0.15, 0.2) is 24.5 Å². The molecule has 23 heavy (non-hydrogen) atoms. The van der Waals surface area contributed by atoms with Crippen molar-refractivity contribution < 1.29 is 17.9 Å². The number of nitriles is 1. The van der Waals surface area contributed by atoms with Gasteiger partial charge < -0.3 is 10.1 Å². The van der Waals surface area contributed by atoms with Gasteiger partial charge in [0.2, 0.25) is 0 Å². The molecule has 0 bridgehead atoms. The van der Waals surface area contributed by atoms with E-state index in [1.54, 1.807) is 10.9 Å². The van der Waals surface area contributed by atoms with Gasteiger partial charge in [0.25, 0.3) is 0 Å². The number of hydrogen-bond acceptors (Lipinski definition) is 6. The first kappa shape index (κ1) is 15.2. The molecule has 0 aromatic carbocycles. The Morgan fingerprint density at radius 1 is 1.35 bits per heavy atom. The molecule has 0 saturated carbocycles. The topological polar surface area (TPSA) is 88.6 Å². The predicted molar refractivity (Wildman–Crippen MR) is 71.2 cm³/mol. The summed E-state index contributed by atoms with van der Waals surface area (Å²) in [5.41, 5.74) is -1.03. The lowest BCUT2D eigenvalue weighted by Crippen LogP contribution is -2.31. The van der Waals surface area contributed by atoms with Gasteiger partial charge in [0.15, 0.2) is 0 Å². The number of halogens is 3. The number of alkyl halides is 3. The molecule has 0 radical (unpaired) electrons. The van der Waals surface area contributed by atoms with Crippen LogP contribution in [-0.4, -0.2) is 39.2 Å². The molecule has 3 heterocycles. The Labute approximate surface area is 128 Å². The van der Waals surface area contributed by atoms with E-state index in [0.29, 0.717) is 6.61 Å². The Balaban J connectivity index is 1.88. The molecule has 0 aliphatic carbocycles. The number of hydrogen-bond donors (Lipinski definition) is 1. The number of aromatic nitrogens is 4. The highest BCUT2D eigenvalue weighted by molar-refractivity contribution is 5.53. The van der Waals surface area contributed by atoms with Crippen LogP contribution in [0.1, 0.15) is 17.3 Å². The van der Waals surface area contributed by atoms with E-state index in [1.807, 2.05) is 6.07 Å². The number of anilines is 1. The summed E-state index contributed by atoms with van der Waals surface area (Å²) >= 11 is 0. The second-order valence-electron chi connectivity index (χ2n) is 4.94. The SMILES string of the molecule is N#Cc1ccc(C(F)(F)F)nc1N[C@H]1COC[C@H]1n1ccnn1. The Morgan fingerprint density at radius 2 is 2.17 bits per heavy atom. The molecule has 0 unspecified atom stereocenters. The van der Waals surface area contributed by atoms with Gasteiger partial charge in [0, 0.05) is 6.20 Å². The summed E-state index contributed by atoms with van der Waals surface area (Å²) in [7, 11) is 0. The molecule has 2 atom stereocenters. The highest BCUT2D eigenvalue weighted by atomic mass is 19.4. The molecule has 7 nitrogen and oxygen atoms in total. The third-order valence-corrected chi connectivity index (χ3v) is 3.46. The maximum absolute atomic E-state index is 12.8. The van der Waals surface area contributed by atoms with Crippen LogP contribution in [0.3, 0.4) is 0 Å². The average molecular weight is 324 g/mol. The van der Waals surface area contributed by atoms with Gasteiger partial charge in [0.05, 0.1) is 37.1 Å². The van der Waals surface area contributed by atoms with Crippen LogP contribution in [0.25, 0.3) is 0 Å². The minimum absolute atomic E-state index is 0.0299. The molecule has 1 fully saturated rings. The Hall–Kier alpha value is -2.67. The lowest BCUT2D eigenvalue weighted by atomic mass is 10.1. The molecule has 1 saturated heterocycles. The first-order valence-corrected chi connectivity index (χ1v) is 6.67. The molecule has 2 aromatic heterocycles. The number of rotatable bonds is 3. The number of nitrogens with one attached hydrogen (secondary N) is 1. The van der Waals surface area contributed by atoms with Gasteiger partial charge in [-0.15, -0.1) is 5.10 Å². The lowest BCUT2D eigenvalue weighted by molar-refractivity contribution is -0.141. The molecule has 2 aromatic rings. The summed E-state index contributed by atoms with van der Waals surface area (Å²) in [5.74, 6) is -0.122. The van der Waals surface area contributed by atoms with Crippen LogP contribution in [0, 0.1) is 11.3 Å². The number of pyridine rings is 1. The van der Waals surface area contributed by atoms with Crippen LogP contribution in [-0.2, 0) is 10.9 Å². The Kier molecular flexibility index (Phi) is 3.87. The minimum atomic E-state index is -4.58. The molecule has 1 N–H and O–H groups in total. The third kappa shape index (κ3) is 3.09. The first-order valence-electron chi connectivity index (χ1n) is 6.67. The molecule has 0 amide bonds. The van der Waals surface area contributed by atoms with E-state index in [2.05, 4.69) is 20.6 Å². The smallest absolute Gasteiger partial charge is 0.377 e. The van der Waals surface area contributed by atoms with Crippen LogP contribution in [0.2, 0.25) is 0 Å². The molecule has 1 aliphatic rings. The highest BCUT2D eigenvalue weighted by Gasteiger charge is 2.35. The van der Waals surface area contributed by atoms with E-state index in [0.717, 1.165) is 12.1 Å². The first-order chi connectivity index (χ1) is 11.0. The molecule has 0 spiro atoms. The zero-order chi connectivity index (χ0) is 16.4. The van der Waals surface area contributed by atoms with E-state index in [-0.39, 0.29) is 30.1 Å². The standard InChI is InChI=1S/C13H11F3N6O/c14-13(15,16)11-2-1-8(5-17)12(20-11)19-9-6-23-7-10(9)22-4-3-18-21-22/h1-4,9-10H,6-7H2,(H,19,20)/t9-,10+/m0/s1. The summed E-state index contributed by atoms with van der Waals surface area (Å²) in [5, 5.41) is 19.5. The quantitative estimate of drug-likeness (QED) is 0.923.